The standard InChI is InChI=1S/C27H27Br2N3O4S/c1-6-35-24-19(28)12-16(13-20(24)29)14-21-25(33)32-23(17-8-10-18(11-9-17)31(4)5)22(26(34)36-7-2)15(3)30-27(32)37-21/h8-14,23H,6-7H2,1-5H3/b21-14-/t23-/m0/s1. The van der Waals surface area contributed by atoms with E-state index in [0.717, 1.165) is 25.8 Å². The maximum atomic E-state index is 13.8. The highest BCUT2D eigenvalue weighted by Gasteiger charge is 2.33. The molecule has 3 aromatic rings. The predicted octanol–water partition coefficient (Wildman–Crippen LogP) is 4.79. The van der Waals surface area contributed by atoms with Crippen molar-refractivity contribution >= 4 is 60.9 Å². The minimum absolute atomic E-state index is 0.221. The summed E-state index contributed by atoms with van der Waals surface area (Å²) in [5.41, 5.74) is 3.33. The number of halogens is 2. The van der Waals surface area contributed by atoms with Crippen LogP contribution in [0.2, 0.25) is 0 Å². The van der Waals surface area contributed by atoms with Crippen LogP contribution < -0.4 is 24.5 Å². The third-order valence-electron chi connectivity index (χ3n) is 5.85. The van der Waals surface area contributed by atoms with E-state index in [1.807, 2.05) is 68.4 Å². The van der Waals surface area contributed by atoms with Crippen LogP contribution in [0.1, 0.15) is 37.9 Å². The number of rotatable bonds is 7. The maximum absolute atomic E-state index is 13.8. The highest BCUT2D eigenvalue weighted by molar-refractivity contribution is 9.11. The number of allylic oxidation sites excluding steroid dienone is 1. The molecule has 0 amide bonds. The van der Waals surface area contributed by atoms with Crippen molar-refractivity contribution in [3.63, 3.8) is 0 Å². The third kappa shape index (κ3) is 5.46. The molecule has 0 bridgehead atoms. The first-order valence-electron chi connectivity index (χ1n) is 11.7. The van der Waals surface area contributed by atoms with Crippen LogP contribution in [0.15, 0.2) is 66.4 Å². The minimum Gasteiger partial charge on any atom is -0.492 e. The largest absolute Gasteiger partial charge is 0.492 e. The Balaban J connectivity index is 1.91. The Bertz CT molecular complexity index is 1530. The normalized spacial score (nSPS) is 15.3. The second-order valence-electron chi connectivity index (χ2n) is 8.53. The van der Waals surface area contributed by atoms with E-state index < -0.39 is 12.0 Å². The van der Waals surface area contributed by atoms with Gasteiger partial charge in [-0.15, -0.1) is 0 Å². The van der Waals surface area contributed by atoms with Crippen molar-refractivity contribution < 1.29 is 14.3 Å². The number of carbonyl (C=O) groups is 1. The molecule has 0 radical (unpaired) electrons. The molecule has 0 aliphatic carbocycles. The minimum atomic E-state index is -0.646. The molecule has 2 heterocycles. The highest BCUT2D eigenvalue weighted by atomic mass is 79.9. The lowest BCUT2D eigenvalue weighted by Crippen LogP contribution is -2.39. The van der Waals surface area contributed by atoms with Crippen LogP contribution in [0.25, 0.3) is 6.08 Å². The molecule has 0 spiro atoms. The molecule has 2 aromatic carbocycles. The summed E-state index contributed by atoms with van der Waals surface area (Å²) in [6.07, 6.45) is 1.82. The van der Waals surface area contributed by atoms with E-state index in [2.05, 4.69) is 36.9 Å². The smallest absolute Gasteiger partial charge is 0.338 e. The summed E-state index contributed by atoms with van der Waals surface area (Å²) in [6.45, 7) is 6.23. The Hall–Kier alpha value is -2.69. The first kappa shape index (κ1) is 27.3. The van der Waals surface area contributed by atoms with Crippen molar-refractivity contribution in [3.05, 3.63) is 87.4 Å². The van der Waals surface area contributed by atoms with E-state index in [4.69, 9.17) is 9.47 Å². The third-order valence-corrected chi connectivity index (χ3v) is 8.01. The van der Waals surface area contributed by atoms with Gasteiger partial charge in [-0.25, -0.2) is 9.79 Å². The number of hydrogen-bond donors (Lipinski definition) is 0. The number of aromatic nitrogens is 1. The molecular formula is C27H27Br2N3O4S. The van der Waals surface area contributed by atoms with Gasteiger partial charge in [0.1, 0.15) is 5.75 Å². The zero-order valence-electron chi connectivity index (χ0n) is 21.2. The fraction of sp³-hybridized carbons (Fsp3) is 0.296. The van der Waals surface area contributed by atoms with Gasteiger partial charge in [-0.1, -0.05) is 23.5 Å². The van der Waals surface area contributed by atoms with Gasteiger partial charge in [0.05, 0.1) is 44.0 Å². The summed E-state index contributed by atoms with van der Waals surface area (Å²) in [4.78, 5) is 34.0. The number of nitrogens with zero attached hydrogens (tertiary/aromatic N) is 3. The van der Waals surface area contributed by atoms with Crippen LogP contribution >= 0.6 is 43.2 Å². The number of esters is 1. The molecule has 0 unspecified atom stereocenters. The molecule has 1 atom stereocenters. The van der Waals surface area contributed by atoms with Gasteiger partial charge in [0.15, 0.2) is 4.80 Å². The molecule has 1 aromatic heterocycles. The molecule has 4 rings (SSSR count). The zero-order chi connectivity index (χ0) is 26.9. The first-order chi connectivity index (χ1) is 17.7. The van der Waals surface area contributed by atoms with E-state index in [1.54, 1.807) is 18.4 Å². The topological polar surface area (TPSA) is 73.1 Å². The van der Waals surface area contributed by atoms with Gasteiger partial charge in [0, 0.05) is 19.8 Å². The van der Waals surface area contributed by atoms with Gasteiger partial charge in [0.2, 0.25) is 0 Å². The van der Waals surface area contributed by atoms with E-state index in [0.29, 0.717) is 33.0 Å². The number of carbonyl (C=O) groups excluding carboxylic acids is 1. The average Bonchev–Trinajstić information content (AvgIpc) is 3.15. The van der Waals surface area contributed by atoms with E-state index >= 15 is 0 Å². The van der Waals surface area contributed by atoms with Crippen molar-refractivity contribution in [2.75, 3.05) is 32.2 Å². The van der Waals surface area contributed by atoms with Gasteiger partial charge in [-0.3, -0.25) is 9.36 Å². The molecule has 1 aliphatic heterocycles. The monoisotopic (exact) mass is 647 g/mol. The molecule has 10 heteroatoms. The molecule has 1 aliphatic rings. The van der Waals surface area contributed by atoms with Crippen LogP contribution in [0.3, 0.4) is 0 Å². The molecule has 0 N–H and O–H groups in total. The zero-order valence-corrected chi connectivity index (χ0v) is 25.2. The predicted molar refractivity (Wildman–Crippen MR) is 154 cm³/mol. The Morgan fingerprint density at radius 3 is 2.35 bits per heavy atom. The van der Waals surface area contributed by atoms with Gasteiger partial charge >= 0.3 is 5.97 Å². The fourth-order valence-corrected chi connectivity index (χ4v) is 6.66. The second-order valence-corrected chi connectivity index (χ2v) is 11.3. The van der Waals surface area contributed by atoms with Gasteiger partial charge in [-0.2, -0.15) is 0 Å². The van der Waals surface area contributed by atoms with Crippen LogP contribution in [-0.4, -0.2) is 37.8 Å². The Morgan fingerprint density at radius 2 is 1.78 bits per heavy atom. The SMILES string of the molecule is CCOC(=O)C1=C(C)N=c2s/c(=C\c3cc(Br)c(OCC)c(Br)c3)c(=O)n2[C@H]1c1ccc(N(C)C)cc1. The quantitative estimate of drug-likeness (QED) is 0.345. The molecule has 37 heavy (non-hydrogen) atoms. The van der Waals surface area contributed by atoms with E-state index in [1.165, 1.54) is 11.3 Å². The lowest BCUT2D eigenvalue weighted by Gasteiger charge is -2.25. The molecule has 0 saturated carbocycles. The Morgan fingerprint density at radius 1 is 1.14 bits per heavy atom. The molecule has 194 valence electrons. The van der Waals surface area contributed by atoms with Gasteiger partial charge in [-0.05, 0) is 94.1 Å². The molecular weight excluding hydrogens is 622 g/mol. The van der Waals surface area contributed by atoms with Crippen molar-refractivity contribution in [2.45, 2.75) is 26.8 Å². The Labute approximate surface area is 236 Å². The molecule has 7 nitrogen and oxygen atoms in total. The number of fused-ring (bicyclic) bond motifs is 1. The van der Waals surface area contributed by atoms with Crippen molar-refractivity contribution in [1.82, 2.24) is 4.57 Å². The number of anilines is 1. The van der Waals surface area contributed by atoms with E-state index in [9.17, 15) is 9.59 Å². The average molecular weight is 649 g/mol. The number of thiazole rings is 1. The summed E-state index contributed by atoms with van der Waals surface area (Å²) < 4.78 is 14.7. The van der Waals surface area contributed by atoms with Gasteiger partial charge < -0.3 is 14.4 Å². The summed E-state index contributed by atoms with van der Waals surface area (Å²) in [5, 5.41) is 0. The summed E-state index contributed by atoms with van der Waals surface area (Å²) in [6, 6.07) is 11.0. The number of hydrogen-bond acceptors (Lipinski definition) is 7. The van der Waals surface area contributed by atoms with Crippen LogP contribution in [0.5, 0.6) is 5.75 Å². The van der Waals surface area contributed by atoms with Crippen molar-refractivity contribution in [1.29, 1.82) is 0 Å². The molecule has 0 saturated heterocycles. The van der Waals surface area contributed by atoms with E-state index in [-0.39, 0.29) is 12.2 Å². The lowest BCUT2D eigenvalue weighted by atomic mass is 9.95. The van der Waals surface area contributed by atoms with Gasteiger partial charge in [0.25, 0.3) is 5.56 Å². The lowest BCUT2D eigenvalue weighted by molar-refractivity contribution is -0.139. The second kappa shape index (κ2) is 11.4. The number of benzene rings is 2. The van der Waals surface area contributed by atoms with Crippen LogP contribution in [0, 0.1) is 0 Å². The fourth-order valence-electron chi connectivity index (χ4n) is 4.16. The summed E-state index contributed by atoms with van der Waals surface area (Å²) >= 11 is 8.40. The van der Waals surface area contributed by atoms with Crippen LogP contribution in [-0.2, 0) is 9.53 Å². The number of ether oxygens (including phenoxy) is 2. The van der Waals surface area contributed by atoms with Crippen molar-refractivity contribution in [2.24, 2.45) is 4.99 Å². The molecule has 0 fully saturated rings. The summed E-state index contributed by atoms with van der Waals surface area (Å²) in [5.74, 6) is 0.232. The first-order valence-corrected chi connectivity index (χ1v) is 14.1. The highest BCUT2D eigenvalue weighted by Crippen LogP contribution is 2.35. The van der Waals surface area contributed by atoms with Crippen LogP contribution in [0.4, 0.5) is 5.69 Å². The van der Waals surface area contributed by atoms with Crippen molar-refractivity contribution in [3.8, 4) is 5.75 Å². The maximum Gasteiger partial charge on any atom is 0.338 e. The summed E-state index contributed by atoms with van der Waals surface area (Å²) in [7, 11) is 3.92. The Kier molecular flexibility index (Phi) is 8.40.